The minimum absolute atomic E-state index is 0.199. The van der Waals surface area contributed by atoms with Gasteiger partial charge in [-0.25, -0.2) is 4.79 Å². The molecule has 0 bridgehead atoms. The summed E-state index contributed by atoms with van der Waals surface area (Å²) in [7, 11) is 1.42. The number of ether oxygens (including phenoxy) is 2. The average Bonchev–Trinajstić information content (AvgIpc) is 3.53. The summed E-state index contributed by atoms with van der Waals surface area (Å²) in [5.41, 5.74) is 1.22. The zero-order valence-electron chi connectivity index (χ0n) is 23.7. The Kier molecular flexibility index (Phi) is 10.2. The van der Waals surface area contributed by atoms with Crippen molar-refractivity contribution in [3.8, 4) is 22.9 Å². The van der Waals surface area contributed by atoms with Gasteiger partial charge in [-0.2, -0.15) is 5.26 Å². The molecule has 1 aromatic heterocycles. The van der Waals surface area contributed by atoms with Crippen LogP contribution in [-0.4, -0.2) is 65.3 Å². The Labute approximate surface area is 253 Å². The third-order valence-corrected chi connectivity index (χ3v) is 7.54. The number of nitrogens with one attached hydrogen (secondary N) is 1. The van der Waals surface area contributed by atoms with Gasteiger partial charge in [0.2, 0.25) is 5.91 Å². The molecule has 0 radical (unpaired) electrons. The summed E-state index contributed by atoms with van der Waals surface area (Å²) in [4.78, 5) is 52.4. The molecule has 1 aliphatic rings. The second-order valence-electron chi connectivity index (χ2n) is 9.99. The van der Waals surface area contributed by atoms with Crippen molar-refractivity contribution < 1.29 is 29.0 Å². The smallest absolute Gasteiger partial charge is 0.338 e. The standard InChI is InChI=1S/C31H31ClN4O7/c1-3-25(36-17-27(42-2)24(15-28(36)37)23-14-21(32)9-6-20(23)16-33)29(38)34-22-10-7-19(8-11-22)31(41)43-18-26(30(39)40)35-12-4-5-13-35/h6-11,14-15,17,25-26H,3-5,12-13,18H2,1-2H3,(H,34,38)(H,39,40). The lowest BCUT2D eigenvalue weighted by atomic mass is 10.00. The van der Waals surface area contributed by atoms with Gasteiger partial charge < -0.3 is 19.9 Å². The van der Waals surface area contributed by atoms with Crippen molar-refractivity contribution in [1.82, 2.24) is 9.47 Å². The number of rotatable bonds is 11. The summed E-state index contributed by atoms with van der Waals surface area (Å²) in [6.45, 7) is 2.79. The molecule has 1 amide bonds. The highest BCUT2D eigenvalue weighted by Gasteiger charge is 2.29. The Morgan fingerprint density at radius 2 is 1.77 bits per heavy atom. The zero-order valence-corrected chi connectivity index (χ0v) is 24.5. The number of likely N-dealkylation sites (tertiary alicyclic amines) is 1. The molecule has 0 saturated carbocycles. The van der Waals surface area contributed by atoms with Crippen LogP contribution in [0.1, 0.15) is 48.1 Å². The van der Waals surface area contributed by atoms with Gasteiger partial charge in [-0.3, -0.25) is 23.9 Å². The predicted octanol–water partition coefficient (Wildman–Crippen LogP) is 4.34. The lowest BCUT2D eigenvalue weighted by molar-refractivity contribution is -0.144. The van der Waals surface area contributed by atoms with Crippen molar-refractivity contribution in [2.24, 2.45) is 0 Å². The van der Waals surface area contributed by atoms with Gasteiger partial charge in [0.05, 0.1) is 30.5 Å². The summed E-state index contributed by atoms with van der Waals surface area (Å²) in [5.74, 6) is -1.90. The van der Waals surface area contributed by atoms with Crippen LogP contribution in [0.25, 0.3) is 11.1 Å². The third-order valence-electron chi connectivity index (χ3n) is 7.31. The number of amides is 1. The van der Waals surface area contributed by atoms with E-state index in [1.165, 1.54) is 48.2 Å². The normalized spacial score (nSPS) is 14.4. The molecule has 2 atom stereocenters. The number of anilines is 1. The molecule has 0 spiro atoms. The Hall–Kier alpha value is -4.66. The Balaban J connectivity index is 1.47. The minimum atomic E-state index is -1.04. The number of aromatic nitrogens is 1. The number of pyridine rings is 1. The van der Waals surface area contributed by atoms with E-state index in [2.05, 4.69) is 11.4 Å². The number of methoxy groups -OCH3 is 1. The molecule has 2 heterocycles. The van der Waals surface area contributed by atoms with Gasteiger partial charge in [0, 0.05) is 27.9 Å². The number of carboxylic acids is 1. The highest BCUT2D eigenvalue weighted by Crippen LogP contribution is 2.33. The van der Waals surface area contributed by atoms with Gasteiger partial charge in [-0.15, -0.1) is 0 Å². The SMILES string of the molecule is CCC(C(=O)Nc1ccc(C(=O)OCC(C(=O)O)N2CCCC2)cc1)n1cc(OC)c(-c2cc(Cl)ccc2C#N)cc1=O. The van der Waals surface area contributed by atoms with Gasteiger partial charge in [-0.1, -0.05) is 18.5 Å². The lowest BCUT2D eigenvalue weighted by Gasteiger charge is -2.23. The maximum absolute atomic E-state index is 13.3. The van der Waals surface area contributed by atoms with Crippen LogP contribution < -0.4 is 15.6 Å². The number of halogens is 1. The van der Waals surface area contributed by atoms with Crippen molar-refractivity contribution in [2.45, 2.75) is 38.3 Å². The summed E-state index contributed by atoms with van der Waals surface area (Å²) in [6, 6.07) is 12.3. The van der Waals surface area contributed by atoms with Crippen molar-refractivity contribution >= 4 is 35.1 Å². The Bertz CT molecular complexity index is 1610. The van der Waals surface area contributed by atoms with Crippen LogP contribution in [0, 0.1) is 11.3 Å². The number of hydrogen-bond acceptors (Lipinski definition) is 8. The van der Waals surface area contributed by atoms with Gasteiger partial charge in [-0.05, 0) is 74.8 Å². The lowest BCUT2D eigenvalue weighted by Crippen LogP contribution is -2.43. The number of hydrogen-bond donors (Lipinski definition) is 2. The predicted molar refractivity (Wildman–Crippen MR) is 159 cm³/mol. The highest BCUT2D eigenvalue weighted by molar-refractivity contribution is 6.31. The van der Waals surface area contributed by atoms with Gasteiger partial charge in [0.1, 0.15) is 24.4 Å². The first-order valence-corrected chi connectivity index (χ1v) is 14.1. The molecule has 3 aromatic rings. The van der Waals surface area contributed by atoms with Crippen LogP contribution in [0.2, 0.25) is 5.02 Å². The van der Waals surface area contributed by atoms with E-state index < -0.39 is 35.5 Å². The average molecular weight is 607 g/mol. The number of esters is 1. The van der Waals surface area contributed by atoms with E-state index in [1.807, 2.05) is 0 Å². The molecule has 43 heavy (non-hydrogen) atoms. The van der Waals surface area contributed by atoms with Gasteiger partial charge >= 0.3 is 11.9 Å². The topological polar surface area (TPSA) is 151 Å². The van der Waals surface area contributed by atoms with Crippen LogP contribution in [0.5, 0.6) is 5.75 Å². The molecule has 4 rings (SSSR count). The van der Waals surface area contributed by atoms with E-state index in [-0.39, 0.29) is 24.3 Å². The van der Waals surface area contributed by atoms with E-state index in [4.69, 9.17) is 21.1 Å². The largest absolute Gasteiger partial charge is 0.495 e. The summed E-state index contributed by atoms with van der Waals surface area (Å²) in [5, 5.41) is 22.2. The van der Waals surface area contributed by atoms with Crippen LogP contribution >= 0.6 is 11.6 Å². The van der Waals surface area contributed by atoms with Gasteiger partial charge in [0.15, 0.2) is 0 Å². The molecule has 224 valence electrons. The molecule has 2 aromatic carbocycles. The number of aliphatic carboxylic acids is 1. The van der Waals surface area contributed by atoms with Crippen LogP contribution in [0.15, 0.2) is 59.5 Å². The fraction of sp³-hybridized carbons (Fsp3) is 0.323. The van der Waals surface area contributed by atoms with Crippen molar-refractivity contribution in [3.05, 3.63) is 81.2 Å². The number of carbonyl (C=O) groups is 3. The second kappa shape index (κ2) is 14.0. The molecule has 2 N–H and O–H groups in total. The minimum Gasteiger partial charge on any atom is -0.495 e. The van der Waals surface area contributed by atoms with E-state index in [1.54, 1.807) is 30.0 Å². The van der Waals surface area contributed by atoms with Crippen molar-refractivity contribution in [2.75, 3.05) is 32.1 Å². The first-order chi connectivity index (χ1) is 20.7. The molecule has 1 fully saturated rings. The van der Waals surface area contributed by atoms with Crippen LogP contribution in [0.3, 0.4) is 0 Å². The number of carboxylic acid groups (broad SMARTS) is 1. The Morgan fingerprint density at radius 1 is 1.07 bits per heavy atom. The zero-order chi connectivity index (χ0) is 31.1. The second-order valence-corrected chi connectivity index (χ2v) is 10.4. The van der Waals surface area contributed by atoms with Crippen LogP contribution in [-0.2, 0) is 14.3 Å². The van der Waals surface area contributed by atoms with E-state index in [0.717, 1.165) is 12.8 Å². The maximum atomic E-state index is 13.3. The monoisotopic (exact) mass is 606 g/mol. The first-order valence-electron chi connectivity index (χ1n) is 13.7. The molecule has 1 saturated heterocycles. The third kappa shape index (κ3) is 7.23. The van der Waals surface area contributed by atoms with Crippen LogP contribution in [0.4, 0.5) is 5.69 Å². The molecule has 0 aliphatic carbocycles. The van der Waals surface area contributed by atoms with E-state index in [0.29, 0.717) is 40.5 Å². The van der Waals surface area contributed by atoms with Crippen molar-refractivity contribution in [3.63, 3.8) is 0 Å². The number of carbonyl (C=O) groups excluding carboxylic acids is 2. The summed E-state index contributed by atoms with van der Waals surface area (Å²) < 4.78 is 12.1. The maximum Gasteiger partial charge on any atom is 0.338 e. The molecule has 11 nitrogen and oxygen atoms in total. The fourth-order valence-electron chi connectivity index (χ4n) is 5.03. The number of nitriles is 1. The molecule has 2 unspecified atom stereocenters. The molecular formula is C31H31ClN4O7. The first kappa shape index (κ1) is 31.3. The number of nitrogens with zero attached hydrogens (tertiary/aromatic N) is 3. The Morgan fingerprint density at radius 3 is 2.37 bits per heavy atom. The number of benzene rings is 2. The fourth-order valence-corrected chi connectivity index (χ4v) is 5.20. The van der Waals surface area contributed by atoms with E-state index >= 15 is 0 Å². The summed E-state index contributed by atoms with van der Waals surface area (Å²) in [6.07, 6.45) is 3.52. The summed E-state index contributed by atoms with van der Waals surface area (Å²) >= 11 is 6.14. The molecular weight excluding hydrogens is 576 g/mol. The van der Waals surface area contributed by atoms with Crippen molar-refractivity contribution in [1.29, 1.82) is 5.26 Å². The van der Waals surface area contributed by atoms with Gasteiger partial charge in [0.25, 0.3) is 5.56 Å². The molecule has 1 aliphatic heterocycles. The molecule has 12 heteroatoms. The quantitative estimate of drug-likeness (QED) is 0.304. The highest BCUT2D eigenvalue weighted by atomic mass is 35.5. The van der Waals surface area contributed by atoms with E-state index in [9.17, 15) is 29.5 Å².